The molecule has 2 N–H and O–H groups in total. The lowest BCUT2D eigenvalue weighted by Gasteiger charge is -2.28. The largest absolute Gasteiger partial charge is 0.461 e. The van der Waals surface area contributed by atoms with Gasteiger partial charge in [-0.15, -0.1) is 24.0 Å². The van der Waals surface area contributed by atoms with Gasteiger partial charge in [-0.3, -0.25) is 4.99 Å². The van der Waals surface area contributed by atoms with Gasteiger partial charge >= 0.3 is 25.1 Å². The van der Waals surface area contributed by atoms with Crippen LogP contribution in [0.25, 0.3) is 12.2 Å². The summed E-state index contributed by atoms with van der Waals surface area (Å²) < 4.78 is 110. The molecule has 0 saturated heterocycles. The van der Waals surface area contributed by atoms with Crippen molar-refractivity contribution in [2.75, 3.05) is 13.1 Å². The average Bonchev–Trinajstić information content (AvgIpc) is 2.90. The Hall–Kier alpha value is -3.37. The van der Waals surface area contributed by atoms with Gasteiger partial charge in [0.25, 0.3) is 0 Å². The molecule has 6 nitrogen and oxygen atoms in total. The molecule has 230 valence electrons. The van der Waals surface area contributed by atoms with Crippen LogP contribution in [0.1, 0.15) is 25.0 Å². The molecule has 0 atom stereocenters. The van der Waals surface area contributed by atoms with E-state index in [9.17, 15) is 35.1 Å². The summed E-state index contributed by atoms with van der Waals surface area (Å²) in [6, 6.07) is 9.87. The van der Waals surface area contributed by atoms with Crippen LogP contribution in [0.5, 0.6) is 11.5 Å². The van der Waals surface area contributed by atoms with E-state index in [1.807, 2.05) is 13.8 Å². The first-order chi connectivity index (χ1) is 19.1. The smallest absolute Gasteiger partial charge is 0.428 e. The molecule has 0 unspecified atom stereocenters. The normalized spacial score (nSPS) is 15.3. The zero-order valence-corrected chi connectivity index (χ0v) is 24.5. The summed E-state index contributed by atoms with van der Waals surface area (Å²) in [5, 5.41) is 7.39. The topological polar surface area (TPSA) is 67.2 Å². The minimum atomic E-state index is -4.63. The number of hydrazone groups is 1. The summed E-state index contributed by atoms with van der Waals surface area (Å²) in [6.07, 6.45) is -11.0. The first-order valence-electron chi connectivity index (χ1n) is 12.0. The highest BCUT2D eigenvalue weighted by atomic mass is 127. The Morgan fingerprint density at radius 3 is 1.64 bits per heavy atom. The van der Waals surface area contributed by atoms with E-state index in [4.69, 9.17) is 0 Å². The first-order valence-corrected chi connectivity index (χ1v) is 12.0. The predicted molar refractivity (Wildman–Crippen MR) is 154 cm³/mol. The molecule has 1 aliphatic rings. The van der Waals surface area contributed by atoms with Crippen molar-refractivity contribution in [3.8, 4) is 11.5 Å². The third kappa shape index (κ3) is 10.8. The Labute approximate surface area is 253 Å². The highest BCUT2D eigenvalue weighted by molar-refractivity contribution is 14.0. The number of allylic oxidation sites excluding steroid dienone is 2. The van der Waals surface area contributed by atoms with Crippen LogP contribution in [-0.2, 0) is 0 Å². The van der Waals surface area contributed by atoms with Gasteiger partial charge in [-0.25, -0.2) is 5.43 Å². The molecular formula is C27H27F8IN4O2. The van der Waals surface area contributed by atoms with Crippen molar-refractivity contribution < 1.29 is 44.6 Å². The molecule has 0 bridgehead atoms. The van der Waals surface area contributed by atoms with E-state index in [0.717, 1.165) is 24.3 Å². The number of aliphatic imine (C=N–C) groups is 1. The second-order valence-electron chi connectivity index (χ2n) is 9.56. The Morgan fingerprint density at radius 2 is 1.29 bits per heavy atom. The van der Waals surface area contributed by atoms with E-state index in [1.165, 1.54) is 24.3 Å². The predicted octanol–water partition coefficient (Wildman–Crippen LogP) is 7.44. The number of nitrogens with zero attached hydrogens (tertiary/aromatic N) is 2. The van der Waals surface area contributed by atoms with Crippen LogP contribution < -0.4 is 20.2 Å². The van der Waals surface area contributed by atoms with Gasteiger partial charge < -0.3 is 14.8 Å². The van der Waals surface area contributed by atoms with Crippen LogP contribution in [-0.4, -0.2) is 49.8 Å². The van der Waals surface area contributed by atoms with Crippen LogP contribution in [0, 0.1) is 5.41 Å². The van der Waals surface area contributed by atoms with Gasteiger partial charge in [-0.2, -0.15) is 40.2 Å². The minimum Gasteiger partial charge on any atom is -0.428 e. The average molecular weight is 718 g/mol. The second-order valence-corrected chi connectivity index (χ2v) is 9.56. The Morgan fingerprint density at radius 1 is 0.857 bits per heavy atom. The maximum absolute atomic E-state index is 13.1. The molecule has 0 aromatic heterocycles. The fourth-order valence-electron chi connectivity index (χ4n) is 3.11. The molecule has 15 heteroatoms. The lowest BCUT2D eigenvalue weighted by molar-refractivity contribution is -0.253. The van der Waals surface area contributed by atoms with Crippen molar-refractivity contribution in [3.05, 3.63) is 71.8 Å². The molecular weight excluding hydrogens is 691 g/mol. The highest BCUT2D eigenvalue weighted by Gasteiger charge is 2.44. The van der Waals surface area contributed by atoms with E-state index < -0.39 is 36.6 Å². The molecule has 0 fully saturated rings. The van der Waals surface area contributed by atoms with Crippen molar-refractivity contribution in [3.63, 3.8) is 0 Å². The summed E-state index contributed by atoms with van der Waals surface area (Å²) in [5.74, 6) is -0.483. The van der Waals surface area contributed by atoms with Gasteiger partial charge in [0.1, 0.15) is 11.5 Å². The molecule has 2 aromatic carbocycles. The summed E-state index contributed by atoms with van der Waals surface area (Å²) >= 11 is 0. The Kier molecular flexibility index (Phi) is 12.2. The summed E-state index contributed by atoms with van der Waals surface area (Å²) in [7, 11) is 0. The third-order valence-electron chi connectivity index (χ3n) is 5.36. The van der Waals surface area contributed by atoms with Crippen molar-refractivity contribution in [1.29, 1.82) is 0 Å². The molecule has 0 saturated carbocycles. The molecule has 2 aromatic rings. The van der Waals surface area contributed by atoms with E-state index in [1.54, 1.807) is 24.3 Å². The molecule has 0 spiro atoms. The van der Waals surface area contributed by atoms with Crippen molar-refractivity contribution in [1.82, 2.24) is 10.7 Å². The maximum Gasteiger partial charge on any atom is 0.461 e. The van der Waals surface area contributed by atoms with Crippen LogP contribution in [0.4, 0.5) is 35.1 Å². The van der Waals surface area contributed by atoms with Gasteiger partial charge in [0, 0.05) is 18.5 Å². The van der Waals surface area contributed by atoms with Crippen LogP contribution >= 0.6 is 24.0 Å². The second kappa shape index (κ2) is 14.7. The fourth-order valence-corrected chi connectivity index (χ4v) is 3.11. The number of ether oxygens (including phenoxy) is 2. The zero-order chi connectivity index (χ0) is 30.3. The molecule has 1 heterocycles. The number of hydrogen-bond donors (Lipinski definition) is 2. The van der Waals surface area contributed by atoms with Gasteiger partial charge in [-0.05, 0) is 47.5 Å². The zero-order valence-electron chi connectivity index (χ0n) is 22.1. The van der Waals surface area contributed by atoms with Gasteiger partial charge in [0.05, 0.1) is 5.71 Å². The van der Waals surface area contributed by atoms with Crippen molar-refractivity contribution in [2.24, 2.45) is 15.5 Å². The van der Waals surface area contributed by atoms with Gasteiger partial charge in [0.15, 0.2) is 0 Å². The monoisotopic (exact) mass is 718 g/mol. The van der Waals surface area contributed by atoms with Gasteiger partial charge in [0.2, 0.25) is 5.96 Å². The summed E-state index contributed by atoms with van der Waals surface area (Å²) in [6.45, 7) is 5.27. The number of halogens is 9. The summed E-state index contributed by atoms with van der Waals surface area (Å²) in [4.78, 5) is 4.38. The standard InChI is InChI=1S/C27H26F8N4O2.HI/c1-25(2)15-36-24(37-16-25)39-38-19(9-3-17-5-11-20(12-6-17)40-26(32,33)22(28)29)10-4-18-7-13-21(14-8-18)41-27(34,35)23(30)31;/h3-14,22-23H,15-16H2,1-2H3,(H2,36,37,39);1H. The summed E-state index contributed by atoms with van der Waals surface area (Å²) in [5.41, 5.74) is 4.08. The number of alkyl halides is 8. The number of hydrogen-bond acceptors (Lipinski definition) is 6. The van der Waals surface area contributed by atoms with E-state index >= 15 is 0 Å². The molecule has 42 heavy (non-hydrogen) atoms. The minimum absolute atomic E-state index is 0. The Bertz CT molecular complexity index is 1200. The number of nitrogens with one attached hydrogen (secondary N) is 2. The number of benzene rings is 2. The molecule has 0 radical (unpaired) electrons. The van der Waals surface area contributed by atoms with E-state index in [-0.39, 0.29) is 29.4 Å². The molecule has 0 aliphatic carbocycles. The first kappa shape index (κ1) is 34.8. The SMILES string of the molecule is CC1(C)CN=C(NN=C(C=Cc2ccc(OC(F)(F)C(F)F)cc2)C=Cc2ccc(OC(F)(F)C(F)F)cc2)NC1.I. The third-order valence-corrected chi connectivity index (χ3v) is 5.36. The van der Waals surface area contributed by atoms with Crippen LogP contribution in [0.2, 0.25) is 0 Å². The maximum atomic E-state index is 13.1. The van der Waals surface area contributed by atoms with Crippen LogP contribution in [0.15, 0.2) is 70.8 Å². The number of guanidine groups is 1. The van der Waals surface area contributed by atoms with E-state index in [2.05, 4.69) is 30.3 Å². The lowest BCUT2D eigenvalue weighted by Crippen LogP contribution is -2.46. The lowest BCUT2D eigenvalue weighted by atomic mass is 9.93. The van der Waals surface area contributed by atoms with Crippen LogP contribution in [0.3, 0.4) is 0 Å². The fraction of sp³-hybridized carbons (Fsp3) is 0.333. The highest BCUT2D eigenvalue weighted by Crippen LogP contribution is 2.29. The van der Waals surface area contributed by atoms with E-state index in [0.29, 0.717) is 35.9 Å². The molecule has 0 amide bonds. The van der Waals surface area contributed by atoms with Gasteiger partial charge in [-0.1, -0.05) is 50.3 Å². The molecule has 1 aliphatic heterocycles. The molecule has 3 rings (SSSR count). The quantitative estimate of drug-likeness (QED) is 0.110. The van der Waals surface area contributed by atoms with Crippen molar-refractivity contribution in [2.45, 2.75) is 38.9 Å². The van der Waals surface area contributed by atoms with Crippen molar-refractivity contribution >= 4 is 47.8 Å². The number of rotatable bonds is 11. The Balaban J connectivity index is 0.00000616.